The average molecular weight is 287 g/mol. The van der Waals surface area contributed by atoms with Crippen LogP contribution in [0.3, 0.4) is 0 Å². The Morgan fingerprint density at radius 1 is 1.42 bits per heavy atom. The van der Waals surface area contributed by atoms with Crippen molar-refractivity contribution in [2.24, 2.45) is 5.41 Å². The second-order valence-electron chi connectivity index (χ2n) is 4.87. The van der Waals surface area contributed by atoms with Crippen molar-refractivity contribution >= 4 is 29.5 Å². The number of likely N-dealkylation sites (tertiary alicyclic amines) is 1. The molecule has 0 spiro atoms. The van der Waals surface area contributed by atoms with Crippen molar-refractivity contribution in [3.05, 3.63) is 0 Å². The zero-order valence-electron chi connectivity index (χ0n) is 11.6. The molecule has 0 saturated carbocycles. The minimum atomic E-state index is -1.10. The number of hydrogen-bond acceptors (Lipinski definition) is 4. The molecule has 1 N–H and O–H groups in total. The van der Waals surface area contributed by atoms with Gasteiger partial charge in [0.1, 0.15) is 6.04 Å². The van der Waals surface area contributed by atoms with Crippen LogP contribution in [0.5, 0.6) is 0 Å². The van der Waals surface area contributed by atoms with Crippen LogP contribution in [0.25, 0.3) is 0 Å². The molecule has 1 saturated heterocycles. The van der Waals surface area contributed by atoms with Gasteiger partial charge >= 0.3 is 5.97 Å². The summed E-state index contributed by atoms with van der Waals surface area (Å²) in [6, 6.07) is -1.02. The topological polar surface area (TPSA) is 74.7 Å². The molecule has 1 aliphatic rings. The fourth-order valence-corrected chi connectivity index (χ4v) is 2.99. The third-order valence-corrected chi connectivity index (χ3v) is 4.62. The molecule has 19 heavy (non-hydrogen) atoms. The Labute approximate surface area is 117 Å². The van der Waals surface area contributed by atoms with Crippen LogP contribution in [0.1, 0.15) is 39.5 Å². The number of carboxylic acids is 1. The lowest BCUT2D eigenvalue weighted by atomic mass is 9.81. The monoisotopic (exact) mass is 287 g/mol. The van der Waals surface area contributed by atoms with Crippen molar-refractivity contribution in [3.63, 3.8) is 0 Å². The van der Waals surface area contributed by atoms with Crippen LogP contribution in [-0.2, 0) is 14.4 Å². The van der Waals surface area contributed by atoms with Gasteiger partial charge in [-0.25, -0.2) is 4.79 Å². The summed E-state index contributed by atoms with van der Waals surface area (Å²) >= 11 is 1.51. The van der Waals surface area contributed by atoms with Gasteiger partial charge in [-0.05, 0) is 31.3 Å². The summed E-state index contributed by atoms with van der Waals surface area (Å²) in [6.07, 6.45) is 3.45. The summed E-state index contributed by atoms with van der Waals surface area (Å²) in [5.41, 5.74) is -0.690. The maximum atomic E-state index is 12.4. The number of amides is 2. The molecule has 0 bridgehead atoms. The molecule has 0 radical (unpaired) electrons. The van der Waals surface area contributed by atoms with Crippen LogP contribution in [0.2, 0.25) is 0 Å². The summed E-state index contributed by atoms with van der Waals surface area (Å²) in [6.45, 7) is 3.74. The van der Waals surface area contributed by atoms with Gasteiger partial charge < -0.3 is 5.11 Å². The van der Waals surface area contributed by atoms with Crippen LogP contribution in [0, 0.1) is 5.41 Å². The summed E-state index contributed by atoms with van der Waals surface area (Å²) < 4.78 is 0. The van der Waals surface area contributed by atoms with Crippen molar-refractivity contribution in [2.75, 3.05) is 12.0 Å². The molecular weight excluding hydrogens is 266 g/mol. The fraction of sp³-hybridized carbons (Fsp3) is 0.769. The van der Waals surface area contributed by atoms with Crippen molar-refractivity contribution in [3.8, 4) is 0 Å². The Kier molecular flexibility index (Phi) is 5.40. The molecule has 1 rings (SSSR count). The Morgan fingerprint density at radius 2 is 2.00 bits per heavy atom. The number of thioether (sulfide) groups is 1. The van der Waals surface area contributed by atoms with Gasteiger partial charge in [-0.2, -0.15) is 11.8 Å². The van der Waals surface area contributed by atoms with Crippen molar-refractivity contribution in [1.82, 2.24) is 4.90 Å². The van der Waals surface area contributed by atoms with Crippen LogP contribution >= 0.6 is 11.8 Å². The molecule has 0 aromatic rings. The van der Waals surface area contributed by atoms with E-state index in [9.17, 15) is 19.5 Å². The molecule has 0 aromatic carbocycles. The zero-order valence-corrected chi connectivity index (χ0v) is 12.5. The number of hydrogen-bond donors (Lipinski definition) is 1. The van der Waals surface area contributed by atoms with E-state index < -0.39 is 17.4 Å². The predicted octanol–water partition coefficient (Wildman–Crippen LogP) is 1.76. The first-order valence-electron chi connectivity index (χ1n) is 6.51. The number of carbonyl (C=O) groups excluding carboxylic acids is 2. The first-order chi connectivity index (χ1) is 8.93. The van der Waals surface area contributed by atoms with Crippen molar-refractivity contribution in [1.29, 1.82) is 0 Å². The van der Waals surface area contributed by atoms with Gasteiger partial charge in [0.15, 0.2) is 0 Å². The number of carbonyl (C=O) groups is 3. The molecule has 1 atom stereocenters. The van der Waals surface area contributed by atoms with Crippen molar-refractivity contribution < 1.29 is 19.5 Å². The molecule has 1 heterocycles. The number of carboxylic acid groups (broad SMARTS) is 1. The van der Waals surface area contributed by atoms with E-state index in [0.717, 1.165) is 4.90 Å². The summed E-state index contributed by atoms with van der Waals surface area (Å²) in [7, 11) is 0. The maximum absolute atomic E-state index is 12.4. The fourth-order valence-electron chi connectivity index (χ4n) is 2.53. The van der Waals surface area contributed by atoms with E-state index in [1.807, 2.05) is 20.1 Å². The van der Waals surface area contributed by atoms with E-state index in [-0.39, 0.29) is 18.2 Å². The number of aliphatic carboxylic acids is 1. The smallest absolute Gasteiger partial charge is 0.326 e. The van der Waals surface area contributed by atoms with E-state index >= 15 is 0 Å². The summed E-state index contributed by atoms with van der Waals surface area (Å²) in [5.74, 6) is -1.14. The average Bonchev–Trinajstić information content (AvgIpc) is 2.63. The Balaban J connectivity index is 3.01. The van der Waals surface area contributed by atoms with Gasteiger partial charge in [0, 0.05) is 6.42 Å². The lowest BCUT2D eigenvalue weighted by Crippen LogP contribution is -2.47. The number of nitrogens with zero attached hydrogens (tertiary/aromatic N) is 1. The molecule has 108 valence electrons. The lowest BCUT2D eigenvalue weighted by molar-refractivity contribution is -0.155. The van der Waals surface area contributed by atoms with Gasteiger partial charge in [-0.15, -0.1) is 0 Å². The highest BCUT2D eigenvalue weighted by Crippen LogP contribution is 2.40. The van der Waals surface area contributed by atoms with Crippen LogP contribution in [0.4, 0.5) is 0 Å². The maximum Gasteiger partial charge on any atom is 0.326 e. The van der Waals surface area contributed by atoms with E-state index in [1.54, 1.807) is 0 Å². The van der Waals surface area contributed by atoms with E-state index in [4.69, 9.17) is 0 Å². The Bertz CT molecular complexity index is 379. The van der Waals surface area contributed by atoms with Gasteiger partial charge in [-0.1, -0.05) is 13.8 Å². The molecular formula is C13H21NO4S. The quantitative estimate of drug-likeness (QED) is 0.722. The van der Waals surface area contributed by atoms with Gasteiger partial charge in [0.2, 0.25) is 11.8 Å². The van der Waals surface area contributed by atoms with E-state index in [2.05, 4.69) is 0 Å². The second kappa shape index (κ2) is 6.41. The molecule has 1 aliphatic heterocycles. The molecule has 1 fully saturated rings. The number of rotatable bonds is 7. The van der Waals surface area contributed by atoms with Crippen LogP contribution in [-0.4, -0.2) is 45.8 Å². The molecule has 5 nitrogen and oxygen atoms in total. The number of imide groups is 1. The molecule has 6 heteroatoms. The molecule has 2 amide bonds. The molecule has 0 aromatic heterocycles. The third-order valence-electron chi connectivity index (χ3n) is 3.98. The summed E-state index contributed by atoms with van der Waals surface area (Å²) in [5, 5.41) is 9.26. The van der Waals surface area contributed by atoms with E-state index in [1.165, 1.54) is 11.8 Å². The largest absolute Gasteiger partial charge is 0.480 e. The minimum absolute atomic E-state index is 0.141. The highest BCUT2D eigenvalue weighted by Gasteiger charge is 2.52. The lowest BCUT2D eigenvalue weighted by Gasteiger charge is -2.27. The third kappa shape index (κ3) is 2.94. The predicted molar refractivity (Wildman–Crippen MR) is 73.9 cm³/mol. The van der Waals surface area contributed by atoms with Gasteiger partial charge in [0.25, 0.3) is 0 Å². The Hall–Kier alpha value is -1.04. The van der Waals surface area contributed by atoms with Crippen molar-refractivity contribution in [2.45, 2.75) is 45.6 Å². The minimum Gasteiger partial charge on any atom is -0.480 e. The summed E-state index contributed by atoms with van der Waals surface area (Å²) in [4.78, 5) is 36.8. The highest BCUT2D eigenvalue weighted by atomic mass is 32.2. The Morgan fingerprint density at radius 3 is 2.37 bits per heavy atom. The second-order valence-corrected chi connectivity index (χ2v) is 5.85. The van der Waals surface area contributed by atoms with Gasteiger partial charge in [0.05, 0.1) is 5.41 Å². The first kappa shape index (κ1) is 16.0. The SMILES string of the molecule is CCC1(CC)CC(=O)N(C(CCSC)C(=O)O)C1=O. The normalized spacial score (nSPS) is 19.8. The highest BCUT2D eigenvalue weighted by molar-refractivity contribution is 7.98. The van der Waals surface area contributed by atoms with Gasteiger partial charge in [-0.3, -0.25) is 14.5 Å². The molecule has 0 aliphatic carbocycles. The molecule has 1 unspecified atom stereocenters. The van der Waals surface area contributed by atoms with Crippen LogP contribution in [0.15, 0.2) is 0 Å². The van der Waals surface area contributed by atoms with Crippen LogP contribution < -0.4 is 0 Å². The first-order valence-corrected chi connectivity index (χ1v) is 7.91. The van der Waals surface area contributed by atoms with E-state index in [0.29, 0.717) is 25.0 Å². The zero-order chi connectivity index (χ0) is 14.6. The standard InChI is InChI=1S/C13H21NO4S/c1-4-13(5-2)8-10(15)14(12(13)18)9(11(16)17)6-7-19-3/h9H,4-8H2,1-3H3,(H,16,17).